The van der Waals surface area contributed by atoms with Crippen molar-refractivity contribution in [2.24, 2.45) is 0 Å². The third-order valence-corrected chi connectivity index (χ3v) is 4.78. The van der Waals surface area contributed by atoms with E-state index in [2.05, 4.69) is 0 Å². The Balaban J connectivity index is 2.44. The van der Waals surface area contributed by atoms with Crippen LogP contribution in [-0.4, -0.2) is 25.8 Å². The molecule has 1 aliphatic rings. The third-order valence-electron chi connectivity index (χ3n) is 2.83. The van der Waals surface area contributed by atoms with Crippen LogP contribution in [-0.2, 0) is 10.0 Å². The van der Waals surface area contributed by atoms with Crippen molar-refractivity contribution in [1.82, 2.24) is 4.31 Å². The molecule has 6 heteroatoms. The minimum Gasteiger partial charge on any atom is -0.207 e. The normalized spacial score (nSPS) is 18.2. The molecule has 3 nitrogen and oxygen atoms in total. The zero-order chi connectivity index (χ0) is 12.5. The van der Waals surface area contributed by atoms with Crippen molar-refractivity contribution >= 4 is 10.0 Å². The number of sulfonamides is 1. The molecule has 1 fully saturated rings. The topological polar surface area (TPSA) is 37.4 Å². The molecule has 0 bridgehead atoms. The van der Waals surface area contributed by atoms with Gasteiger partial charge < -0.3 is 0 Å². The third kappa shape index (κ3) is 2.32. The maximum atomic E-state index is 13.5. The maximum Gasteiger partial charge on any atom is 0.248 e. The molecule has 0 N–H and O–H groups in total. The summed E-state index contributed by atoms with van der Waals surface area (Å²) in [7, 11) is -4.04. The largest absolute Gasteiger partial charge is 0.248 e. The zero-order valence-electron chi connectivity index (χ0n) is 9.20. The molecule has 0 amide bonds. The molecule has 94 valence electrons. The van der Waals surface area contributed by atoms with Gasteiger partial charge in [0.2, 0.25) is 10.0 Å². The predicted octanol–water partition coefficient (Wildman–Crippen LogP) is 2.14. The molecule has 0 saturated carbocycles. The Morgan fingerprint density at radius 1 is 1.00 bits per heavy atom. The van der Waals surface area contributed by atoms with Gasteiger partial charge >= 0.3 is 0 Å². The van der Waals surface area contributed by atoms with Crippen molar-refractivity contribution in [2.75, 3.05) is 13.1 Å². The van der Waals surface area contributed by atoms with Gasteiger partial charge in [0.1, 0.15) is 11.6 Å². The Kier molecular flexibility index (Phi) is 3.44. The smallest absolute Gasteiger partial charge is 0.207 e. The van der Waals surface area contributed by atoms with Crippen LogP contribution in [0.15, 0.2) is 23.1 Å². The summed E-state index contributed by atoms with van der Waals surface area (Å²) in [4.78, 5) is -0.832. The highest BCUT2D eigenvalue weighted by atomic mass is 32.2. The van der Waals surface area contributed by atoms with E-state index in [1.165, 1.54) is 0 Å². The molecule has 0 aliphatic carbocycles. The van der Waals surface area contributed by atoms with Crippen molar-refractivity contribution in [3.63, 3.8) is 0 Å². The van der Waals surface area contributed by atoms with Crippen molar-refractivity contribution in [3.8, 4) is 0 Å². The van der Waals surface area contributed by atoms with Gasteiger partial charge in [0.25, 0.3) is 0 Å². The van der Waals surface area contributed by atoms with Gasteiger partial charge in [-0.1, -0.05) is 12.5 Å². The molecule has 1 aromatic carbocycles. The van der Waals surface area contributed by atoms with Crippen LogP contribution in [0.3, 0.4) is 0 Å². The second kappa shape index (κ2) is 4.70. The van der Waals surface area contributed by atoms with Crippen molar-refractivity contribution < 1.29 is 17.2 Å². The van der Waals surface area contributed by atoms with Crippen molar-refractivity contribution in [3.05, 3.63) is 29.8 Å². The van der Waals surface area contributed by atoms with Crippen LogP contribution in [0.4, 0.5) is 8.78 Å². The molecular weight excluding hydrogens is 248 g/mol. The lowest BCUT2D eigenvalue weighted by molar-refractivity contribution is 0.342. The van der Waals surface area contributed by atoms with E-state index in [1.54, 1.807) is 0 Å². The number of halogens is 2. The first-order valence-electron chi connectivity index (χ1n) is 5.47. The highest BCUT2D eigenvalue weighted by Gasteiger charge is 2.31. The molecule has 17 heavy (non-hydrogen) atoms. The summed E-state index contributed by atoms with van der Waals surface area (Å²) < 4.78 is 52.2. The average Bonchev–Trinajstić information content (AvgIpc) is 2.29. The summed E-state index contributed by atoms with van der Waals surface area (Å²) in [5.41, 5.74) is 0. The van der Waals surface area contributed by atoms with Gasteiger partial charge in [-0.3, -0.25) is 0 Å². The molecule has 1 aromatic rings. The Bertz CT molecular complexity index is 490. The minimum atomic E-state index is -4.04. The molecule has 1 saturated heterocycles. The van der Waals surface area contributed by atoms with Crippen molar-refractivity contribution in [1.29, 1.82) is 0 Å². The van der Waals surface area contributed by atoms with E-state index in [9.17, 15) is 17.2 Å². The Labute approximate surface area is 99.1 Å². The summed E-state index contributed by atoms with van der Waals surface area (Å²) in [5.74, 6) is -2.06. The number of rotatable bonds is 2. The van der Waals surface area contributed by atoms with Crippen LogP contribution >= 0.6 is 0 Å². The van der Waals surface area contributed by atoms with Crippen LogP contribution in [0, 0.1) is 11.6 Å². The molecular formula is C11H13F2NO2S. The van der Waals surface area contributed by atoms with Crippen LogP contribution < -0.4 is 0 Å². The van der Waals surface area contributed by atoms with Crippen LogP contribution in [0.2, 0.25) is 0 Å². The molecule has 0 unspecified atom stereocenters. The SMILES string of the molecule is O=S(=O)(c1c(F)cccc1F)N1CCCCC1. The van der Waals surface area contributed by atoms with Gasteiger partial charge in [-0.25, -0.2) is 17.2 Å². The minimum absolute atomic E-state index is 0.329. The van der Waals surface area contributed by atoms with Gasteiger partial charge in [-0.05, 0) is 25.0 Å². The first kappa shape index (κ1) is 12.4. The Morgan fingerprint density at radius 2 is 1.53 bits per heavy atom. The highest BCUT2D eigenvalue weighted by Crippen LogP contribution is 2.24. The molecule has 1 heterocycles. The lowest BCUT2D eigenvalue weighted by atomic mass is 10.2. The number of hydrogen-bond donors (Lipinski definition) is 0. The summed E-state index contributed by atoms with van der Waals surface area (Å²) in [6.45, 7) is 0.659. The highest BCUT2D eigenvalue weighted by molar-refractivity contribution is 7.89. The van der Waals surface area contributed by atoms with E-state index in [0.717, 1.165) is 41.8 Å². The number of hydrogen-bond acceptors (Lipinski definition) is 2. The fourth-order valence-electron chi connectivity index (χ4n) is 1.96. The maximum absolute atomic E-state index is 13.5. The first-order valence-corrected chi connectivity index (χ1v) is 6.91. The second-order valence-electron chi connectivity index (χ2n) is 4.02. The Morgan fingerprint density at radius 3 is 2.06 bits per heavy atom. The van der Waals surface area contributed by atoms with Crippen LogP contribution in [0.25, 0.3) is 0 Å². The van der Waals surface area contributed by atoms with Gasteiger partial charge in [0.15, 0.2) is 4.90 Å². The number of benzene rings is 1. The molecule has 0 atom stereocenters. The van der Waals surface area contributed by atoms with E-state index < -0.39 is 26.6 Å². The van der Waals surface area contributed by atoms with E-state index in [-0.39, 0.29) is 0 Å². The van der Waals surface area contributed by atoms with E-state index >= 15 is 0 Å². The van der Waals surface area contributed by atoms with Crippen LogP contribution in [0.1, 0.15) is 19.3 Å². The number of nitrogens with zero attached hydrogens (tertiary/aromatic N) is 1. The Hall–Kier alpha value is -1.01. The molecule has 2 rings (SSSR count). The molecule has 0 spiro atoms. The quantitative estimate of drug-likeness (QED) is 0.818. The van der Waals surface area contributed by atoms with Gasteiger partial charge in [0.05, 0.1) is 0 Å². The molecule has 0 aromatic heterocycles. The predicted molar refractivity (Wildman–Crippen MR) is 59.0 cm³/mol. The van der Waals surface area contributed by atoms with E-state index in [4.69, 9.17) is 0 Å². The lowest BCUT2D eigenvalue weighted by Gasteiger charge is -2.26. The lowest BCUT2D eigenvalue weighted by Crippen LogP contribution is -2.36. The number of piperidine rings is 1. The van der Waals surface area contributed by atoms with Crippen LogP contribution in [0.5, 0.6) is 0 Å². The standard InChI is InChI=1S/C11H13F2NO2S/c12-9-5-4-6-10(13)11(9)17(15,16)14-7-2-1-3-8-14/h4-6H,1-3,7-8H2. The van der Waals surface area contributed by atoms with Gasteiger partial charge in [0, 0.05) is 13.1 Å². The summed E-state index contributed by atoms with van der Waals surface area (Å²) in [6.07, 6.45) is 2.41. The van der Waals surface area contributed by atoms with E-state index in [1.807, 2.05) is 0 Å². The second-order valence-corrected chi connectivity index (χ2v) is 5.89. The fraction of sp³-hybridized carbons (Fsp3) is 0.455. The fourth-order valence-corrected chi connectivity index (χ4v) is 3.59. The zero-order valence-corrected chi connectivity index (χ0v) is 10.0. The monoisotopic (exact) mass is 261 g/mol. The summed E-state index contributed by atoms with van der Waals surface area (Å²) in [6, 6.07) is 3.07. The van der Waals surface area contributed by atoms with Gasteiger partial charge in [-0.15, -0.1) is 0 Å². The average molecular weight is 261 g/mol. The summed E-state index contributed by atoms with van der Waals surface area (Å²) in [5, 5.41) is 0. The molecule has 0 radical (unpaired) electrons. The van der Waals surface area contributed by atoms with E-state index in [0.29, 0.717) is 13.1 Å². The molecule has 1 aliphatic heterocycles. The summed E-state index contributed by atoms with van der Waals surface area (Å²) >= 11 is 0. The van der Waals surface area contributed by atoms with Gasteiger partial charge in [-0.2, -0.15) is 4.31 Å². The first-order chi connectivity index (χ1) is 8.03. The van der Waals surface area contributed by atoms with Crippen molar-refractivity contribution in [2.45, 2.75) is 24.2 Å².